The van der Waals surface area contributed by atoms with Crippen molar-refractivity contribution in [3.05, 3.63) is 23.8 Å². The van der Waals surface area contributed by atoms with Gasteiger partial charge in [-0.15, -0.1) is 13.2 Å². The molecule has 3 amide bonds. The summed E-state index contributed by atoms with van der Waals surface area (Å²) >= 11 is 0. The molecular weight excluding hydrogens is 511 g/mol. The van der Waals surface area contributed by atoms with Gasteiger partial charge in [0.05, 0.1) is 13.2 Å². The van der Waals surface area contributed by atoms with Gasteiger partial charge in [-0.3, -0.25) is 23.9 Å². The molecule has 0 aromatic heterocycles. The van der Waals surface area contributed by atoms with Gasteiger partial charge in [0.25, 0.3) is 5.91 Å². The number of ketones is 1. The number of ether oxygens (including phenoxy) is 3. The molecule has 0 spiro atoms. The lowest BCUT2D eigenvalue weighted by atomic mass is 9.95. The van der Waals surface area contributed by atoms with Crippen molar-refractivity contribution in [1.82, 2.24) is 16.0 Å². The third kappa shape index (κ3) is 7.83. The summed E-state index contributed by atoms with van der Waals surface area (Å²) in [5.74, 6) is -2.53. The highest BCUT2D eigenvalue weighted by Crippen LogP contribution is 2.37. The Kier molecular flexibility index (Phi) is 9.58. The first-order chi connectivity index (χ1) is 17.9. The number of methoxy groups -OCH3 is 1. The Morgan fingerprint density at radius 2 is 1.92 bits per heavy atom. The van der Waals surface area contributed by atoms with E-state index < -0.39 is 54.7 Å². The molecule has 2 heterocycles. The zero-order chi connectivity index (χ0) is 28.0. The molecule has 2 aliphatic heterocycles. The molecule has 4 atom stereocenters. The molecule has 10 nitrogen and oxygen atoms in total. The molecule has 13 heteroatoms. The van der Waals surface area contributed by atoms with Gasteiger partial charge in [0.2, 0.25) is 11.8 Å². The first-order valence-corrected chi connectivity index (χ1v) is 12.3. The first-order valence-electron chi connectivity index (χ1n) is 12.3. The van der Waals surface area contributed by atoms with Crippen LogP contribution in [0.4, 0.5) is 13.2 Å². The molecular formula is C25H32F3N3O7. The molecule has 1 aromatic carbocycles. The molecule has 0 bridgehead atoms. The summed E-state index contributed by atoms with van der Waals surface area (Å²) in [5.41, 5.74) is 0.763. The van der Waals surface area contributed by atoms with Crippen molar-refractivity contribution in [1.29, 1.82) is 0 Å². The van der Waals surface area contributed by atoms with Crippen LogP contribution in [0, 0.1) is 11.8 Å². The average molecular weight is 544 g/mol. The molecule has 1 aromatic rings. The monoisotopic (exact) mass is 543 g/mol. The zero-order valence-electron chi connectivity index (χ0n) is 21.4. The van der Waals surface area contributed by atoms with Gasteiger partial charge >= 0.3 is 6.36 Å². The van der Waals surface area contributed by atoms with E-state index >= 15 is 0 Å². The van der Waals surface area contributed by atoms with Crippen molar-refractivity contribution in [3.63, 3.8) is 0 Å². The number of carbonyl (C=O) groups excluding carboxylic acids is 4. The second-order valence-electron chi connectivity index (χ2n) is 9.72. The van der Waals surface area contributed by atoms with E-state index in [2.05, 4.69) is 20.7 Å². The van der Waals surface area contributed by atoms with Gasteiger partial charge in [0, 0.05) is 24.4 Å². The van der Waals surface area contributed by atoms with Crippen LogP contribution in [-0.2, 0) is 30.3 Å². The lowest BCUT2D eigenvalue weighted by Crippen LogP contribution is -2.55. The average Bonchev–Trinajstić information content (AvgIpc) is 3.46. The van der Waals surface area contributed by atoms with Crippen molar-refractivity contribution >= 4 is 23.5 Å². The third-order valence-electron chi connectivity index (χ3n) is 6.34. The van der Waals surface area contributed by atoms with Crippen LogP contribution in [0.15, 0.2) is 18.2 Å². The van der Waals surface area contributed by atoms with Gasteiger partial charge in [0.1, 0.15) is 12.6 Å². The topological polar surface area (TPSA) is 132 Å². The number of halogens is 3. The molecule has 3 N–H and O–H groups in total. The Morgan fingerprint density at radius 3 is 2.53 bits per heavy atom. The van der Waals surface area contributed by atoms with E-state index in [1.165, 1.54) is 7.11 Å². The van der Waals surface area contributed by atoms with Crippen molar-refractivity contribution < 1.29 is 46.6 Å². The number of para-hydroxylation sites is 1. The summed E-state index contributed by atoms with van der Waals surface area (Å²) in [7, 11) is 1.47. The highest BCUT2D eigenvalue weighted by molar-refractivity contribution is 5.94. The Balaban J connectivity index is 1.70. The zero-order valence-corrected chi connectivity index (χ0v) is 21.4. The van der Waals surface area contributed by atoms with Gasteiger partial charge in [-0.05, 0) is 31.2 Å². The molecule has 2 aliphatic rings. The lowest BCUT2D eigenvalue weighted by Gasteiger charge is -2.26. The van der Waals surface area contributed by atoms with Crippen molar-refractivity contribution in [2.75, 3.05) is 20.3 Å². The minimum atomic E-state index is -5.04. The molecule has 0 aliphatic carbocycles. The summed E-state index contributed by atoms with van der Waals surface area (Å²) in [6.45, 7) is 2.68. The molecule has 0 radical (unpaired) electrons. The smallest absolute Gasteiger partial charge is 0.493 e. The molecule has 210 valence electrons. The maximum absolute atomic E-state index is 13.2. The van der Waals surface area contributed by atoms with E-state index in [1.54, 1.807) is 18.2 Å². The van der Waals surface area contributed by atoms with Gasteiger partial charge in [-0.2, -0.15) is 0 Å². The summed E-state index contributed by atoms with van der Waals surface area (Å²) < 4.78 is 52.3. The van der Waals surface area contributed by atoms with Crippen molar-refractivity contribution in [2.24, 2.45) is 11.8 Å². The fourth-order valence-electron chi connectivity index (χ4n) is 4.47. The molecule has 3 rings (SSSR count). The van der Waals surface area contributed by atoms with Crippen LogP contribution >= 0.6 is 0 Å². The summed E-state index contributed by atoms with van der Waals surface area (Å²) in [6.07, 6.45) is -5.35. The molecule has 38 heavy (non-hydrogen) atoms. The summed E-state index contributed by atoms with van der Waals surface area (Å²) in [4.78, 5) is 50.9. The van der Waals surface area contributed by atoms with Crippen LogP contribution < -0.4 is 25.4 Å². The molecule has 3 unspecified atom stereocenters. The van der Waals surface area contributed by atoms with Crippen LogP contribution in [-0.4, -0.2) is 68.3 Å². The van der Waals surface area contributed by atoms with E-state index in [0.717, 1.165) is 5.56 Å². The van der Waals surface area contributed by atoms with E-state index in [1.807, 2.05) is 13.8 Å². The highest BCUT2D eigenvalue weighted by Gasteiger charge is 2.37. The second kappa shape index (κ2) is 12.5. The summed E-state index contributed by atoms with van der Waals surface area (Å²) in [6, 6.07) is 2.73. The number of rotatable bonds is 12. The largest absolute Gasteiger partial charge is 0.522 e. The number of fused-ring (bicyclic) bond motifs is 1. The van der Waals surface area contributed by atoms with Gasteiger partial charge in [-0.25, -0.2) is 0 Å². The van der Waals surface area contributed by atoms with Crippen LogP contribution in [0.1, 0.15) is 38.7 Å². The van der Waals surface area contributed by atoms with E-state index in [9.17, 15) is 32.3 Å². The Hall–Kier alpha value is -3.35. The minimum absolute atomic E-state index is 0.0591. The maximum atomic E-state index is 13.2. The first kappa shape index (κ1) is 29.2. The van der Waals surface area contributed by atoms with Crippen LogP contribution in [0.3, 0.4) is 0 Å². The Morgan fingerprint density at radius 1 is 1.18 bits per heavy atom. The fraction of sp³-hybridized carbons (Fsp3) is 0.600. The van der Waals surface area contributed by atoms with Crippen molar-refractivity contribution in [3.8, 4) is 11.5 Å². The Labute approximate surface area is 217 Å². The standard InChI is InChI=1S/C25H32F3N3O7/c1-13(2)9-17(31-24(35)20-11-14-5-4-6-19(36-3)21(14)38-20)23(34)30-16(10-15-7-8-29-22(15)33)18(32)12-37-25(26,27)28/h4-6,13,15-17,20H,7-12H2,1-3H3,(H,29,33)(H,30,34)(H,31,35)/t15-,16?,17?,20?/m0/s1. The van der Waals surface area contributed by atoms with E-state index in [-0.39, 0.29) is 31.1 Å². The number of hydrogen-bond acceptors (Lipinski definition) is 7. The van der Waals surface area contributed by atoms with Gasteiger partial charge in [-0.1, -0.05) is 26.0 Å². The quantitative estimate of drug-likeness (QED) is 0.365. The number of hydrogen-bond donors (Lipinski definition) is 3. The SMILES string of the molecule is COc1cccc2c1OC(C(=O)NC(CC(C)C)C(=O)NC(C[C@@H]1CCNC1=O)C(=O)COC(F)(F)F)C2. The minimum Gasteiger partial charge on any atom is -0.493 e. The fourth-order valence-corrected chi connectivity index (χ4v) is 4.47. The number of nitrogens with one attached hydrogen (secondary N) is 3. The summed E-state index contributed by atoms with van der Waals surface area (Å²) in [5, 5.41) is 7.68. The van der Waals surface area contributed by atoms with Crippen LogP contribution in [0.5, 0.6) is 11.5 Å². The predicted octanol–water partition coefficient (Wildman–Crippen LogP) is 1.65. The van der Waals surface area contributed by atoms with Gasteiger partial charge in [0.15, 0.2) is 23.4 Å². The number of benzene rings is 1. The molecule has 1 saturated heterocycles. The predicted molar refractivity (Wildman–Crippen MR) is 127 cm³/mol. The lowest BCUT2D eigenvalue weighted by molar-refractivity contribution is -0.321. The van der Waals surface area contributed by atoms with Crippen LogP contribution in [0.2, 0.25) is 0 Å². The number of Topliss-reactive ketones (excluding diaryl/α,β-unsaturated/α-hetero) is 1. The Bertz CT molecular complexity index is 1050. The third-order valence-corrected chi connectivity index (χ3v) is 6.34. The normalized spacial score (nSPS) is 20.2. The van der Waals surface area contributed by atoms with E-state index in [0.29, 0.717) is 24.5 Å². The highest BCUT2D eigenvalue weighted by atomic mass is 19.4. The number of alkyl halides is 3. The second-order valence-corrected chi connectivity index (χ2v) is 9.72. The van der Waals surface area contributed by atoms with E-state index in [4.69, 9.17) is 9.47 Å². The van der Waals surface area contributed by atoms with Gasteiger partial charge < -0.3 is 25.4 Å². The number of amides is 3. The molecule has 1 fully saturated rings. The maximum Gasteiger partial charge on any atom is 0.522 e. The number of carbonyl (C=O) groups is 4. The van der Waals surface area contributed by atoms with Crippen molar-refractivity contribution in [2.45, 2.75) is 64.1 Å². The molecule has 0 saturated carbocycles. The van der Waals surface area contributed by atoms with Crippen LogP contribution in [0.25, 0.3) is 0 Å².